The maximum absolute atomic E-state index is 12.8. The molecule has 0 heterocycles. The number of hydrogen-bond acceptors (Lipinski definition) is 5. The fourth-order valence-electron chi connectivity index (χ4n) is 2.95. The number of benzene rings is 3. The van der Waals surface area contributed by atoms with Crippen molar-refractivity contribution in [2.24, 2.45) is 0 Å². The van der Waals surface area contributed by atoms with Gasteiger partial charge in [0.15, 0.2) is 0 Å². The van der Waals surface area contributed by atoms with Crippen molar-refractivity contribution in [2.75, 3.05) is 5.32 Å². The van der Waals surface area contributed by atoms with Crippen molar-refractivity contribution in [3.05, 3.63) is 99.1 Å². The van der Waals surface area contributed by atoms with Crippen molar-refractivity contribution in [1.82, 2.24) is 4.72 Å². The number of carbonyl (C=O) groups is 1. The van der Waals surface area contributed by atoms with Gasteiger partial charge in [0.25, 0.3) is 11.6 Å². The van der Waals surface area contributed by atoms with Crippen molar-refractivity contribution >= 4 is 27.3 Å². The first-order valence-electron chi connectivity index (χ1n) is 9.38. The average Bonchev–Trinajstić information content (AvgIpc) is 2.74. The van der Waals surface area contributed by atoms with E-state index in [4.69, 9.17) is 0 Å². The van der Waals surface area contributed by atoms with Crippen LogP contribution in [0.2, 0.25) is 0 Å². The highest BCUT2D eigenvalue weighted by molar-refractivity contribution is 7.89. The topological polar surface area (TPSA) is 118 Å². The number of nitrogens with zero attached hydrogens (tertiary/aromatic N) is 1. The third-order valence-corrected chi connectivity index (χ3v) is 6.14. The molecule has 0 saturated heterocycles. The number of nitrogens with one attached hydrogen (secondary N) is 2. The van der Waals surface area contributed by atoms with Gasteiger partial charge in [-0.15, -0.1) is 0 Å². The molecule has 0 aliphatic rings. The third kappa shape index (κ3) is 5.33. The molecule has 0 atom stereocenters. The van der Waals surface area contributed by atoms with Crippen LogP contribution in [0.25, 0.3) is 0 Å². The molecule has 0 aliphatic heterocycles. The van der Waals surface area contributed by atoms with E-state index in [0.717, 1.165) is 5.56 Å². The Kier molecular flexibility index (Phi) is 6.47. The zero-order chi connectivity index (χ0) is 22.6. The minimum absolute atomic E-state index is 0.0472. The summed E-state index contributed by atoms with van der Waals surface area (Å²) in [7, 11) is -3.85. The summed E-state index contributed by atoms with van der Waals surface area (Å²) in [5.41, 5.74) is 2.13. The van der Waals surface area contributed by atoms with Gasteiger partial charge in [-0.1, -0.05) is 42.5 Å². The van der Waals surface area contributed by atoms with Crippen LogP contribution < -0.4 is 10.0 Å². The summed E-state index contributed by atoms with van der Waals surface area (Å²) in [5, 5.41) is 13.7. The minimum atomic E-state index is -3.85. The second kappa shape index (κ2) is 9.07. The molecule has 0 bridgehead atoms. The van der Waals surface area contributed by atoms with Gasteiger partial charge in [-0.25, -0.2) is 13.1 Å². The fourth-order valence-corrected chi connectivity index (χ4v) is 4.00. The van der Waals surface area contributed by atoms with E-state index < -0.39 is 20.9 Å². The molecule has 3 aromatic rings. The summed E-state index contributed by atoms with van der Waals surface area (Å²) in [6.07, 6.45) is 0. The summed E-state index contributed by atoms with van der Waals surface area (Å²) in [6, 6.07) is 17.7. The third-order valence-electron chi connectivity index (χ3n) is 4.74. The van der Waals surface area contributed by atoms with E-state index in [9.17, 15) is 23.3 Å². The van der Waals surface area contributed by atoms with Crippen molar-refractivity contribution < 1.29 is 18.1 Å². The number of aryl methyl sites for hydroxylation is 2. The van der Waals surface area contributed by atoms with Gasteiger partial charge in [0.2, 0.25) is 10.0 Å². The van der Waals surface area contributed by atoms with Gasteiger partial charge in [-0.2, -0.15) is 0 Å². The lowest BCUT2D eigenvalue weighted by molar-refractivity contribution is -0.385. The Labute approximate surface area is 180 Å². The highest BCUT2D eigenvalue weighted by Crippen LogP contribution is 2.24. The maximum Gasteiger partial charge on any atom is 0.274 e. The van der Waals surface area contributed by atoms with Gasteiger partial charge < -0.3 is 5.32 Å². The fraction of sp³-hybridized carbons (Fsp3) is 0.136. The smallest absolute Gasteiger partial charge is 0.274 e. The van der Waals surface area contributed by atoms with E-state index in [0.29, 0.717) is 11.1 Å². The van der Waals surface area contributed by atoms with Crippen LogP contribution in [0.1, 0.15) is 27.0 Å². The number of nitro groups is 1. The van der Waals surface area contributed by atoms with Gasteiger partial charge >= 0.3 is 0 Å². The first-order valence-corrected chi connectivity index (χ1v) is 10.9. The molecule has 8 nitrogen and oxygen atoms in total. The predicted octanol–water partition coefficient (Wildman–Crippen LogP) is 3.94. The first-order chi connectivity index (χ1) is 14.7. The van der Waals surface area contributed by atoms with Crippen LogP contribution in [-0.4, -0.2) is 19.2 Å². The predicted molar refractivity (Wildman–Crippen MR) is 117 cm³/mol. The lowest BCUT2D eigenvalue weighted by atomic mass is 10.1. The molecule has 0 aromatic heterocycles. The quantitative estimate of drug-likeness (QED) is 0.427. The van der Waals surface area contributed by atoms with Gasteiger partial charge in [-0.3, -0.25) is 14.9 Å². The second-order valence-corrected chi connectivity index (χ2v) is 8.77. The van der Waals surface area contributed by atoms with E-state index in [1.807, 2.05) is 18.2 Å². The highest BCUT2D eigenvalue weighted by atomic mass is 32.2. The molecule has 3 aromatic carbocycles. The minimum Gasteiger partial charge on any atom is -0.322 e. The van der Waals surface area contributed by atoms with Crippen LogP contribution in [-0.2, 0) is 16.6 Å². The van der Waals surface area contributed by atoms with Crippen LogP contribution in [0.5, 0.6) is 0 Å². The Hall–Kier alpha value is -3.56. The van der Waals surface area contributed by atoms with Crippen LogP contribution in [0.3, 0.4) is 0 Å². The van der Waals surface area contributed by atoms with Crippen molar-refractivity contribution in [1.29, 1.82) is 0 Å². The van der Waals surface area contributed by atoms with Gasteiger partial charge in [0, 0.05) is 29.4 Å². The van der Waals surface area contributed by atoms with E-state index >= 15 is 0 Å². The van der Waals surface area contributed by atoms with Gasteiger partial charge in [0.1, 0.15) is 0 Å². The molecule has 9 heteroatoms. The van der Waals surface area contributed by atoms with Crippen LogP contribution in [0.15, 0.2) is 71.6 Å². The molecule has 1 amide bonds. The highest BCUT2D eigenvalue weighted by Gasteiger charge is 2.19. The molecule has 160 valence electrons. The number of nitro benzene ring substituents is 1. The Morgan fingerprint density at radius 2 is 1.65 bits per heavy atom. The molecular formula is C22H21N3O5S. The SMILES string of the molecule is Cc1ccc(S(=O)(=O)NCc2ccccc2)cc1C(=O)Nc1ccc(C)c([N+](=O)[O-])c1. The van der Waals surface area contributed by atoms with E-state index in [1.165, 1.54) is 24.3 Å². The van der Waals surface area contributed by atoms with E-state index in [1.54, 1.807) is 38.1 Å². The number of hydrogen-bond donors (Lipinski definition) is 2. The molecular weight excluding hydrogens is 418 g/mol. The normalized spacial score (nSPS) is 11.2. The Morgan fingerprint density at radius 1 is 0.968 bits per heavy atom. The molecule has 0 spiro atoms. The standard InChI is InChI=1S/C22H21N3O5S/c1-15-9-11-19(31(29,30)23-14-17-6-4-3-5-7-17)13-20(15)22(26)24-18-10-8-16(2)21(12-18)25(27)28/h3-13,23H,14H2,1-2H3,(H,24,26). The average molecular weight is 439 g/mol. The number of sulfonamides is 1. The molecule has 0 fully saturated rings. The number of amides is 1. The van der Waals surface area contributed by atoms with E-state index in [2.05, 4.69) is 10.0 Å². The van der Waals surface area contributed by atoms with E-state index in [-0.39, 0.29) is 28.4 Å². The van der Waals surface area contributed by atoms with Crippen molar-refractivity contribution in [2.45, 2.75) is 25.3 Å². The summed E-state index contributed by atoms with van der Waals surface area (Å²) in [4.78, 5) is 23.3. The molecule has 0 saturated carbocycles. The summed E-state index contributed by atoms with van der Waals surface area (Å²) in [6.45, 7) is 3.40. The van der Waals surface area contributed by atoms with Crippen LogP contribution >= 0.6 is 0 Å². The molecule has 3 rings (SSSR count). The van der Waals surface area contributed by atoms with Crippen molar-refractivity contribution in [3.8, 4) is 0 Å². The Balaban J connectivity index is 1.82. The zero-order valence-corrected chi connectivity index (χ0v) is 17.8. The Bertz CT molecular complexity index is 1240. The maximum atomic E-state index is 12.8. The van der Waals surface area contributed by atoms with Crippen LogP contribution in [0, 0.1) is 24.0 Å². The summed E-state index contributed by atoms with van der Waals surface area (Å²) in [5.74, 6) is -0.559. The van der Waals surface area contributed by atoms with Gasteiger partial charge in [0.05, 0.1) is 9.82 Å². The van der Waals surface area contributed by atoms with Gasteiger partial charge in [-0.05, 0) is 43.2 Å². The second-order valence-electron chi connectivity index (χ2n) is 7.00. The molecule has 0 aliphatic carbocycles. The lowest BCUT2D eigenvalue weighted by Crippen LogP contribution is -2.24. The zero-order valence-electron chi connectivity index (χ0n) is 17.0. The Morgan fingerprint density at radius 3 is 2.32 bits per heavy atom. The molecule has 0 unspecified atom stereocenters. The summed E-state index contributed by atoms with van der Waals surface area (Å²) < 4.78 is 27.9. The molecule has 31 heavy (non-hydrogen) atoms. The molecule has 0 radical (unpaired) electrons. The lowest BCUT2D eigenvalue weighted by Gasteiger charge is -2.12. The summed E-state index contributed by atoms with van der Waals surface area (Å²) >= 11 is 0. The molecule has 2 N–H and O–H groups in total. The van der Waals surface area contributed by atoms with Crippen LogP contribution in [0.4, 0.5) is 11.4 Å². The number of anilines is 1. The number of rotatable bonds is 7. The number of carbonyl (C=O) groups excluding carboxylic acids is 1. The monoisotopic (exact) mass is 439 g/mol. The first kappa shape index (κ1) is 22.1. The largest absolute Gasteiger partial charge is 0.322 e. The van der Waals surface area contributed by atoms with Crippen molar-refractivity contribution in [3.63, 3.8) is 0 Å².